The molecule has 0 spiro atoms. The third-order valence-electron chi connectivity index (χ3n) is 3.56. The van der Waals surface area contributed by atoms with Gasteiger partial charge in [0.15, 0.2) is 0 Å². The van der Waals surface area contributed by atoms with Gasteiger partial charge >= 0.3 is 0 Å². The van der Waals surface area contributed by atoms with Crippen molar-refractivity contribution in [2.75, 3.05) is 7.11 Å². The molecule has 0 saturated heterocycles. The fraction of sp³-hybridized carbons (Fsp3) is 0.0588. The molecule has 0 saturated carbocycles. The van der Waals surface area contributed by atoms with E-state index < -0.39 is 0 Å². The van der Waals surface area contributed by atoms with Crippen molar-refractivity contribution in [2.45, 2.75) is 0 Å². The lowest BCUT2D eigenvalue weighted by molar-refractivity contribution is 0.415. The number of phenolic OH excluding ortho intramolecular Hbond substituents is 3. The summed E-state index contributed by atoms with van der Waals surface area (Å²) in [6.45, 7) is 0. The van der Waals surface area contributed by atoms with E-state index in [1.807, 2.05) is 6.07 Å². The summed E-state index contributed by atoms with van der Waals surface area (Å²) in [6, 6.07) is 11.3. The van der Waals surface area contributed by atoms with Crippen molar-refractivity contribution in [1.29, 1.82) is 0 Å². The summed E-state index contributed by atoms with van der Waals surface area (Å²) < 4.78 is 5.21. The van der Waals surface area contributed by atoms with Crippen LogP contribution < -0.4 is 4.74 Å². The van der Waals surface area contributed by atoms with Gasteiger partial charge in [-0.25, -0.2) is 0 Å². The van der Waals surface area contributed by atoms with Crippen LogP contribution in [0.4, 0.5) is 0 Å². The minimum Gasteiger partial charge on any atom is -0.507 e. The first kappa shape index (κ1) is 14.4. The Morgan fingerprint density at radius 2 is 1.41 bits per heavy atom. The minimum atomic E-state index is -0.172. The van der Waals surface area contributed by atoms with Crippen molar-refractivity contribution in [3.63, 3.8) is 0 Å². The zero-order valence-corrected chi connectivity index (χ0v) is 12.4. The summed E-state index contributed by atoms with van der Waals surface area (Å²) in [5.41, 5.74) is 0.521. The Kier molecular flexibility index (Phi) is 3.47. The average Bonchev–Trinajstić information content (AvgIpc) is 2.52. The molecule has 0 fully saturated rings. The zero-order valence-electron chi connectivity index (χ0n) is 11.7. The predicted molar refractivity (Wildman–Crippen MR) is 85.9 cm³/mol. The van der Waals surface area contributed by atoms with E-state index in [1.165, 1.54) is 18.2 Å². The van der Waals surface area contributed by atoms with Crippen LogP contribution in [0.3, 0.4) is 0 Å². The van der Waals surface area contributed by atoms with E-state index in [2.05, 4.69) is 0 Å². The first-order valence-corrected chi connectivity index (χ1v) is 6.91. The summed E-state index contributed by atoms with van der Waals surface area (Å²) in [5, 5.41) is 31.7. The Hall–Kier alpha value is -2.59. The number of aromatic hydroxyl groups is 3. The summed E-state index contributed by atoms with van der Waals surface area (Å²) in [7, 11) is 1.54. The number of rotatable bonds is 2. The van der Waals surface area contributed by atoms with Gasteiger partial charge in [0.2, 0.25) is 0 Å². The molecule has 0 bridgehead atoms. The van der Waals surface area contributed by atoms with Gasteiger partial charge in [-0.15, -0.1) is 0 Å². The quantitative estimate of drug-likeness (QED) is 0.617. The van der Waals surface area contributed by atoms with Crippen LogP contribution in [0.15, 0.2) is 42.5 Å². The molecular formula is C17H13ClO4. The molecule has 0 aliphatic heterocycles. The van der Waals surface area contributed by atoms with Gasteiger partial charge in [-0.3, -0.25) is 0 Å². The second-order valence-corrected chi connectivity index (χ2v) is 5.22. The number of ether oxygens (including phenoxy) is 1. The van der Waals surface area contributed by atoms with Gasteiger partial charge < -0.3 is 20.1 Å². The molecule has 3 aromatic rings. The molecule has 0 amide bonds. The van der Waals surface area contributed by atoms with Gasteiger partial charge in [0.05, 0.1) is 17.7 Å². The number of benzene rings is 3. The minimum absolute atomic E-state index is 0.0226. The highest BCUT2D eigenvalue weighted by Gasteiger charge is 2.19. The molecule has 0 unspecified atom stereocenters. The van der Waals surface area contributed by atoms with Crippen LogP contribution in [0.1, 0.15) is 0 Å². The largest absolute Gasteiger partial charge is 0.507 e. The number of phenols is 3. The molecule has 3 rings (SSSR count). The van der Waals surface area contributed by atoms with E-state index in [-0.39, 0.29) is 27.8 Å². The van der Waals surface area contributed by atoms with Gasteiger partial charge in [-0.2, -0.15) is 0 Å². The lowest BCUT2D eigenvalue weighted by atomic mass is 9.96. The maximum Gasteiger partial charge on any atom is 0.135 e. The number of hydrogen-bond donors (Lipinski definition) is 3. The van der Waals surface area contributed by atoms with Crippen molar-refractivity contribution in [3.05, 3.63) is 47.5 Å². The van der Waals surface area contributed by atoms with Crippen LogP contribution in [0.25, 0.3) is 21.9 Å². The van der Waals surface area contributed by atoms with Crippen LogP contribution >= 0.6 is 11.6 Å². The summed E-state index contributed by atoms with van der Waals surface area (Å²) in [5.74, 6) is 0.251. The lowest BCUT2D eigenvalue weighted by Crippen LogP contribution is -1.88. The van der Waals surface area contributed by atoms with Crippen LogP contribution in [0.5, 0.6) is 23.0 Å². The molecule has 0 heterocycles. The van der Waals surface area contributed by atoms with E-state index in [4.69, 9.17) is 16.3 Å². The second kappa shape index (κ2) is 5.31. The summed E-state index contributed by atoms with van der Waals surface area (Å²) in [6.07, 6.45) is 0. The van der Waals surface area contributed by atoms with Gasteiger partial charge in [-0.05, 0) is 41.1 Å². The van der Waals surface area contributed by atoms with E-state index in [0.717, 1.165) is 5.39 Å². The number of methoxy groups -OCH3 is 1. The first-order valence-electron chi connectivity index (χ1n) is 6.53. The van der Waals surface area contributed by atoms with Gasteiger partial charge in [0.1, 0.15) is 23.0 Å². The molecule has 3 N–H and O–H groups in total. The monoisotopic (exact) mass is 316 g/mol. The van der Waals surface area contributed by atoms with Crippen molar-refractivity contribution in [3.8, 4) is 34.1 Å². The van der Waals surface area contributed by atoms with Crippen LogP contribution in [-0.4, -0.2) is 22.4 Å². The van der Waals surface area contributed by atoms with Crippen molar-refractivity contribution in [2.24, 2.45) is 0 Å². The fourth-order valence-corrected chi connectivity index (χ4v) is 2.72. The third-order valence-corrected chi connectivity index (χ3v) is 3.94. The molecule has 5 heteroatoms. The number of halogens is 1. The van der Waals surface area contributed by atoms with Gasteiger partial charge in [0, 0.05) is 5.56 Å². The third kappa shape index (κ3) is 2.18. The molecule has 22 heavy (non-hydrogen) atoms. The highest BCUT2D eigenvalue weighted by Crippen LogP contribution is 2.47. The molecule has 0 aliphatic rings. The average molecular weight is 317 g/mol. The fourth-order valence-electron chi connectivity index (χ4n) is 2.47. The van der Waals surface area contributed by atoms with Crippen LogP contribution in [0, 0.1) is 0 Å². The second-order valence-electron chi connectivity index (χ2n) is 4.84. The molecule has 112 valence electrons. The van der Waals surface area contributed by atoms with E-state index >= 15 is 0 Å². The van der Waals surface area contributed by atoms with Crippen molar-refractivity contribution >= 4 is 22.4 Å². The normalized spacial score (nSPS) is 10.8. The smallest absolute Gasteiger partial charge is 0.135 e. The predicted octanol–water partition coefficient (Wildman–Crippen LogP) is 4.29. The Labute approximate surface area is 131 Å². The SMILES string of the molecule is COc1ccc2ccc(O)c(-c3c(O)ccc(O)c3Cl)c2c1. The van der Waals surface area contributed by atoms with E-state index in [0.29, 0.717) is 16.7 Å². The zero-order chi connectivity index (χ0) is 15.9. The molecule has 0 aliphatic carbocycles. The first-order chi connectivity index (χ1) is 10.5. The molecule has 3 aromatic carbocycles. The lowest BCUT2D eigenvalue weighted by Gasteiger charge is -2.14. The van der Waals surface area contributed by atoms with Gasteiger partial charge in [-0.1, -0.05) is 23.7 Å². The maximum absolute atomic E-state index is 10.3. The molecule has 0 atom stereocenters. The van der Waals surface area contributed by atoms with Crippen LogP contribution in [0.2, 0.25) is 5.02 Å². The standard InChI is InChI=1S/C17H13ClO4/c1-22-10-4-2-9-3-5-12(19)15(11(9)8-10)16-13(20)6-7-14(21)17(16)18/h2-8,19-21H,1H3. The summed E-state index contributed by atoms with van der Waals surface area (Å²) >= 11 is 6.13. The Balaban J connectivity index is 2.45. The Morgan fingerprint density at radius 3 is 2.14 bits per heavy atom. The molecule has 0 radical (unpaired) electrons. The van der Waals surface area contributed by atoms with Gasteiger partial charge in [0.25, 0.3) is 0 Å². The Morgan fingerprint density at radius 1 is 0.818 bits per heavy atom. The molecular weight excluding hydrogens is 304 g/mol. The highest BCUT2D eigenvalue weighted by molar-refractivity contribution is 6.35. The molecule has 0 aromatic heterocycles. The maximum atomic E-state index is 10.3. The number of fused-ring (bicyclic) bond motifs is 1. The van der Waals surface area contributed by atoms with Crippen LogP contribution in [-0.2, 0) is 0 Å². The topological polar surface area (TPSA) is 69.9 Å². The Bertz CT molecular complexity index is 874. The van der Waals surface area contributed by atoms with Crippen molar-refractivity contribution < 1.29 is 20.1 Å². The molecule has 4 nitrogen and oxygen atoms in total. The number of hydrogen-bond acceptors (Lipinski definition) is 4. The highest BCUT2D eigenvalue weighted by atomic mass is 35.5. The van der Waals surface area contributed by atoms with Crippen molar-refractivity contribution in [1.82, 2.24) is 0 Å². The van der Waals surface area contributed by atoms with E-state index in [9.17, 15) is 15.3 Å². The summed E-state index contributed by atoms with van der Waals surface area (Å²) in [4.78, 5) is 0. The van der Waals surface area contributed by atoms with E-state index in [1.54, 1.807) is 25.3 Å².